The number of rotatable bonds is 5. The summed E-state index contributed by atoms with van der Waals surface area (Å²) >= 11 is 0. The number of nitrogens with zero attached hydrogens (tertiary/aromatic N) is 5. The summed E-state index contributed by atoms with van der Waals surface area (Å²) < 4.78 is 7.07. The fraction of sp³-hybridized carbons (Fsp3) is 0.0714. The van der Waals surface area contributed by atoms with Crippen LogP contribution in [-0.2, 0) is 0 Å². The highest BCUT2D eigenvalue weighted by atomic mass is 15.2. The highest BCUT2D eigenvalue weighted by Crippen LogP contribution is 2.50. The van der Waals surface area contributed by atoms with Crippen LogP contribution in [0, 0.1) is 0 Å². The number of aromatic nitrogens is 5. The zero-order chi connectivity index (χ0) is 41.5. The maximum Gasteiger partial charge on any atom is 0.234 e. The molecule has 4 heterocycles. The van der Waals surface area contributed by atoms with Crippen molar-refractivity contribution in [2.45, 2.75) is 11.8 Å². The predicted octanol–water partition coefficient (Wildman–Crippen LogP) is 11.9. The van der Waals surface area contributed by atoms with Crippen molar-refractivity contribution < 1.29 is 0 Å². The lowest BCUT2D eigenvalue weighted by Crippen LogP contribution is -2.11. The molecule has 2 aliphatic carbocycles. The van der Waals surface area contributed by atoms with Gasteiger partial charge < -0.3 is 20.6 Å². The summed E-state index contributed by atoms with van der Waals surface area (Å²) in [5, 5.41) is 7.17. The molecule has 0 bridgehead atoms. The van der Waals surface area contributed by atoms with Crippen LogP contribution in [0.5, 0.6) is 0 Å². The second-order valence-electron chi connectivity index (χ2n) is 17.2. The van der Waals surface area contributed by atoms with Gasteiger partial charge in [-0.3, -0.25) is 4.57 Å². The fourth-order valence-electron chi connectivity index (χ4n) is 11.5. The number of hydrogen-bond donors (Lipinski definition) is 2. The van der Waals surface area contributed by atoms with E-state index in [1.165, 1.54) is 77.1 Å². The van der Waals surface area contributed by atoms with Crippen molar-refractivity contribution in [2.75, 3.05) is 13.1 Å². The van der Waals surface area contributed by atoms with E-state index in [9.17, 15) is 0 Å². The quantitative estimate of drug-likeness (QED) is 0.181. The first kappa shape index (κ1) is 34.8. The Bertz CT molecular complexity index is 3670. The van der Waals surface area contributed by atoms with Crippen LogP contribution in [0.3, 0.4) is 0 Å². The molecular formula is C56H39N7. The molecule has 4 N–H and O–H groups in total. The SMILES string of the molecule is NCC1c2ccccc2-c2cc3c4ccccc4n(-c4ccc5c6ccc(-n7c8ccccc8c8cc9c(cc87)C(CN)c7ccccc7-9)cc6n(-c6ncccn6)c5c4)c3cc21. The zero-order valence-electron chi connectivity index (χ0n) is 34.2. The van der Waals surface area contributed by atoms with Crippen LogP contribution in [0.2, 0.25) is 0 Å². The molecule has 12 aromatic rings. The second-order valence-corrected chi connectivity index (χ2v) is 17.2. The van der Waals surface area contributed by atoms with Crippen LogP contribution in [0.1, 0.15) is 34.1 Å². The van der Waals surface area contributed by atoms with Gasteiger partial charge in [0, 0.05) is 81.0 Å². The van der Waals surface area contributed by atoms with E-state index in [0.29, 0.717) is 19.0 Å². The second kappa shape index (κ2) is 12.8. The van der Waals surface area contributed by atoms with Crippen molar-refractivity contribution in [2.24, 2.45) is 11.5 Å². The van der Waals surface area contributed by atoms with Crippen LogP contribution >= 0.6 is 0 Å². The largest absolute Gasteiger partial charge is 0.330 e. The Kier molecular flexibility index (Phi) is 7.10. The van der Waals surface area contributed by atoms with Crippen molar-refractivity contribution in [3.05, 3.63) is 198 Å². The molecule has 0 spiro atoms. The van der Waals surface area contributed by atoms with E-state index in [-0.39, 0.29) is 11.8 Å². The summed E-state index contributed by atoms with van der Waals surface area (Å²) in [6, 6.07) is 60.1. The lowest BCUT2D eigenvalue weighted by atomic mass is 9.96. The molecule has 0 saturated carbocycles. The molecule has 14 rings (SSSR count). The number of nitrogens with two attached hydrogens (primary N) is 2. The monoisotopic (exact) mass is 809 g/mol. The Morgan fingerprint density at radius 3 is 1.27 bits per heavy atom. The van der Waals surface area contributed by atoms with Crippen LogP contribution in [0.4, 0.5) is 0 Å². The summed E-state index contributed by atoms with van der Waals surface area (Å²) in [7, 11) is 0. The van der Waals surface area contributed by atoms with Crippen LogP contribution in [0.25, 0.3) is 105 Å². The van der Waals surface area contributed by atoms with Gasteiger partial charge in [0.2, 0.25) is 5.95 Å². The molecule has 298 valence electrons. The average Bonchev–Trinajstić information content (AvgIpc) is 4.11. The van der Waals surface area contributed by atoms with Gasteiger partial charge in [-0.25, -0.2) is 9.97 Å². The number of benzene rings is 8. The van der Waals surface area contributed by atoms with Gasteiger partial charge in [0.1, 0.15) is 0 Å². The zero-order valence-corrected chi connectivity index (χ0v) is 34.2. The van der Waals surface area contributed by atoms with Crippen LogP contribution < -0.4 is 11.5 Å². The fourth-order valence-corrected chi connectivity index (χ4v) is 11.5. The molecule has 4 aromatic heterocycles. The number of para-hydroxylation sites is 2. The molecule has 63 heavy (non-hydrogen) atoms. The topological polar surface area (TPSA) is 92.6 Å². The minimum absolute atomic E-state index is 0.148. The van der Waals surface area contributed by atoms with E-state index in [1.807, 2.05) is 18.5 Å². The lowest BCUT2D eigenvalue weighted by molar-refractivity contribution is 0.841. The van der Waals surface area contributed by atoms with E-state index >= 15 is 0 Å². The molecule has 2 atom stereocenters. The van der Waals surface area contributed by atoms with Crippen LogP contribution in [-0.4, -0.2) is 36.8 Å². The molecule has 0 amide bonds. The van der Waals surface area contributed by atoms with Gasteiger partial charge in [-0.2, -0.15) is 0 Å². The Hall–Kier alpha value is -7.84. The highest BCUT2D eigenvalue weighted by Gasteiger charge is 2.31. The Balaban J connectivity index is 1.01. The van der Waals surface area contributed by atoms with Gasteiger partial charge in [-0.1, -0.05) is 97.1 Å². The minimum Gasteiger partial charge on any atom is -0.330 e. The summed E-state index contributed by atoms with van der Waals surface area (Å²) in [6.07, 6.45) is 3.65. The first-order valence-corrected chi connectivity index (χ1v) is 21.8. The maximum atomic E-state index is 6.52. The summed E-state index contributed by atoms with van der Waals surface area (Å²) in [5.74, 6) is 0.921. The molecule has 0 aliphatic heterocycles. The molecule has 2 aliphatic rings. The summed E-state index contributed by atoms with van der Waals surface area (Å²) in [4.78, 5) is 9.75. The van der Waals surface area contributed by atoms with E-state index in [4.69, 9.17) is 21.4 Å². The lowest BCUT2D eigenvalue weighted by Gasteiger charge is -2.13. The van der Waals surface area contributed by atoms with Gasteiger partial charge in [0.25, 0.3) is 0 Å². The predicted molar refractivity (Wildman–Crippen MR) is 258 cm³/mol. The molecule has 0 fully saturated rings. The third-order valence-electron chi connectivity index (χ3n) is 14.2. The highest BCUT2D eigenvalue weighted by molar-refractivity contribution is 6.15. The van der Waals surface area contributed by atoms with Crippen molar-refractivity contribution in [1.82, 2.24) is 23.7 Å². The van der Waals surface area contributed by atoms with E-state index in [2.05, 4.69) is 171 Å². The van der Waals surface area contributed by atoms with Gasteiger partial charge in [-0.15, -0.1) is 0 Å². The third kappa shape index (κ3) is 4.64. The molecule has 0 saturated heterocycles. The van der Waals surface area contributed by atoms with E-state index in [0.717, 1.165) is 44.2 Å². The molecular weight excluding hydrogens is 771 g/mol. The summed E-state index contributed by atoms with van der Waals surface area (Å²) in [5.41, 5.74) is 32.2. The van der Waals surface area contributed by atoms with Crippen molar-refractivity contribution >= 4 is 65.4 Å². The van der Waals surface area contributed by atoms with E-state index < -0.39 is 0 Å². The maximum absolute atomic E-state index is 6.52. The van der Waals surface area contributed by atoms with Gasteiger partial charge in [-0.05, 0) is 111 Å². The van der Waals surface area contributed by atoms with E-state index in [1.54, 1.807) is 0 Å². The molecule has 2 unspecified atom stereocenters. The Morgan fingerprint density at radius 2 is 0.778 bits per heavy atom. The third-order valence-corrected chi connectivity index (χ3v) is 14.2. The van der Waals surface area contributed by atoms with Crippen LogP contribution in [0.15, 0.2) is 176 Å². The first-order valence-electron chi connectivity index (χ1n) is 21.8. The summed E-state index contributed by atoms with van der Waals surface area (Å²) in [6.45, 7) is 1.11. The molecule has 8 aromatic carbocycles. The molecule has 0 radical (unpaired) electrons. The average molecular weight is 810 g/mol. The number of hydrogen-bond acceptors (Lipinski definition) is 4. The Labute approximate surface area is 362 Å². The molecule has 7 nitrogen and oxygen atoms in total. The first-order chi connectivity index (χ1) is 31.2. The minimum atomic E-state index is 0.148. The normalized spacial score (nSPS) is 15.3. The smallest absolute Gasteiger partial charge is 0.234 e. The van der Waals surface area contributed by atoms with Crippen molar-refractivity contribution in [1.29, 1.82) is 0 Å². The Morgan fingerprint density at radius 1 is 0.349 bits per heavy atom. The van der Waals surface area contributed by atoms with Gasteiger partial charge >= 0.3 is 0 Å². The van der Waals surface area contributed by atoms with Gasteiger partial charge in [0.15, 0.2) is 0 Å². The van der Waals surface area contributed by atoms with Crippen molar-refractivity contribution in [3.8, 4) is 39.6 Å². The molecule has 7 heteroatoms. The number of fused-ring (bicyclic) bond motifs is 15. The van der Waals surface area contributed by atoms with Crippen molar-refractivity contribution in [3.63, 3.8) is 0 Å². The van der Waals surface area contributed by atoms with Gasteiger partial charge in [0.05, 0.1) is 33.1 Å². The standard InChI is InChI=1S/C56H39N7/c57-30-48-36-12-3-1-10-34(36)42-26-46-38-14-5-7-16-50(38)61(54(46)28-44(42)48)32-18-20-40-41-21-19-33(25-53(41)63(52(40)24-32)56-59-22-9-23-60-56)62-51-17-8-6-15-39(51)47-27-43-35-11-2-4-13-37(35)49(31-58)45(43)29-55(47)62/h1-29,48-49H,30-31,57-58H2.